The zero-order valence-corrected chi connectivity index (χ0v) is 14.5. The van der Waals surface area contributed by atoms with Gasteiger partial charge in [0.15, 0.2) is 0 Å². The van der Waals surface area contributed by atoms with Gasteiger partial charge >= 0.3 is 0 Å². The van der Waals surface area contributed by atoms with E-state index in [1.807, 2.05) is 6.07 Å². The quantitative estimate of drug-likeness (QED) is 0.595. The summed E-state index contributed by atoms with van der Waals surface area (Å²) in [6, 6.07) is 20.3. The lowest BCUT2D eigenvalue weighted by molar-refractivity contribution is 0.476. The number of hydrogen-bond donors (Lipinski definition) is 1. The highest BCUT2D eigenvalue weighted by Crippen LogP contribution is 2.27. The summed E-state index contributed by atoms with van der Waals surface area (Å²) in [7, 11) is 0. The molecule has 0 aliphatic heterocycles. The first-order valence-corrected chi connectivity index (χ1v) is 8.66. The normalized spacial score (nSPS) is 11.0. The number of aromatic hydroxyl groups is 1. The maximum Gasteiger partial charge on any atom is 0.261 e. The van der Waals surface area contributed by atoms with Crippen LogP contribution >= 0.6 is 0 Å². The molecule has 0 saturated heterocycles. The van der Waals surface area contributed by atoms with Gasteiger partial charge in [0.05, 0.1) is 16.5 Å². The van der Waals surface area contributed by atoms with E-state index in [9.17, 15) is 14.3 Å². The van der Waals surface area contributed by atoms with Crippen molar-refractivity contribution in [2.45, 2.75) is 13.0 Å². The van der Waals surface area contributed by atoms with E-state index < -0.39 is 0 Å². The van der Waals surface area contributed by atoms with Crippen molar-refractivity contribution in [3.63, 3.8) is 0 Å². The standard InChI is InChI=1S/C22H17FN2O2/c23-18-10-4-1-7-15(18)13-14-25-21(17-9-3-6-12-20(17)26)24-19-11-5-2-8-16(19)22(25)27/h1-12,26H,13-14H2. The molecule has 4 nitrogen and oxygen atoms in total. The van der Waals surface area contributed by atoms with Gasteiger partial charge in [-0.25, -0.2) is 9.37 Å². The Bertz CT molecular complexity index is 1180. The van der Waals surface area contributed by atoms with Gasteiger partial charge in [0.2, 0.25) is 0 Å². The van der Waals surface area contributed by atoms with Gasteiger partial charge in [-0.15, -0.1) is 0 Å². The second-order valence-electron chi connectivity index (χ2n) is 6.27. The number of rotatable bonds is 4. The van der Waals surface area contributed by atoms with E-state index in [1.54, 1.807) is 60.7 Å². The van der Waals surface area contributed by atoms with Crippen LogP contribution in [-0.4, -0.2) is 14.7 Å². The van der Waals surface area contributed by atoms with Crippen LogP contribution in [0.15, 0.2) is 77.6 Å². The number of para-hydroxylation sites is 2. The number of hydrogen-bond acceptors (Lipinski definition) is 3. The van der Waals surface area contributed by atoms with Gasteiger partial charge in [-0.1, -0.05) is 42.5 Å². The van der Waals surface area contributed by atoms with Crippen LogP contribution in [0.4, 0.5) is 4.39 Å². The fourth-order valence-electron chi connectivity index (χ4n) is 3.18. The first-order valence-electron chi connectivity index (χ1n) is 8.66. The van der Waals surface area contributed by atoms with E-state index in [2.05, 4.69) is 4.98 Å². The molecule has 0 aliphatic carbocycles. The van der Waals surface area contributed by atoms with Crippen LogP contribution in [0.5, 0.6) is 5.75 Å². The van der Waals surface area contributed by atoms with E-state index in [1.165, 1.54) is 10.6 Å². The van der Waals surface area contributed by atoms with E-state index in [0.717, 1.165) is 0 Å². The second-order valence-corrected chi connectivity index (χ2v) is 6.27. The maximum atomic E-state index is 14.0. The van der Waals surface area contributed by atoms with Crippen LogP contribution < -0.4 is 5.56 Å². The largest absolute Gasteiger partial charge is 0.507 e. The van der Waals surface area contributed by atoms with Gasteiger partial charge in [-0.2, -0.15) is 0 Å². The SMILES string of the molecule is O=c1c2ccccc2nc(-c2ccccc2O)n1CCc1ccccc1F. The molecule has 0 aliphatic rings. The molecule has 134 valence electrons. The van der Waals surface area contributed by atoms with Gasteiger partial charge < -0.3 is 5.11 Å². The van der Waals surface area contributed by atoms with E-state index in [4.69, 9.17) is 0 Å². The Morgan fingerprint density at radius 1 is 0.926 bits per heavy atom. The zero-order chi connectivity index (χ0) is 18.8. The average Bonchev–Trinajstić information content (AvgIpc) is 2.69. The predicted octanol–water partition coefficient (Wildman–Crippen LogP) is 4.15. The number of halogens is 1. The molecular weight excluding hydrogens is 343 g/mol. The highest BCUT2D eigenvalue weighted by Gasteiger charge is 2.15. The number of aromatic nitrogens is 2. The number of phenols is 1. The molecule has 0 atom stereocenters. The van der Waals surface area contributed by atoms with E-state index in [0.29, 0.717) is 34.3 Å². The topological polar surface area (TPSA) is 55.1 Å². The molecule has 0 amide bonds. The Labute approximate surface area is 155 Å². The maximum absolute atomic E-state index is 14.0. The van der Waals surface area contributed by atoms with Crippen molar-refractivity contribution in [1.82, 2.24) is 9.55 Å². The van der Waals surface area contributed by atoms with Crippen LogP contribution in [0.2, 0.25) is 0 Å². The van der Waals surface area contributed by atoms with Crippen molar-refractivity contribution >= 4 is 10.9 Å². The second kappa shape index (κ2) is 7.03. The molecule has 3 aromatic carbocycles. The number of nitrogens with zero attached hydrogens (tertiary/aromatic N) is 2. The molecule has 1 aromatic heterocycles. The first-order chi connectivity index (χ1) is 13.1. The highest BCUT2D eigenvalue weighted by molar-refractivity contribution is 5.80. The minimum atomic E-state index is -0.302. The van der Waals surface area contributed by atoms with Crippen LogP contribution in [-0.2, 0) is 13.0 Å². The third-order valence-corrected chi connectivity index (χ3v) is 4.57. The van der Waals surface area contributed by atoms with Crippen molar-refractivity contribution in [2.24, 2.45) is 0 Å². The lowest BCUT2D eigenvalue weighted by Gasteiger charge is -2.15. The molecule has 4 aromatic rings. The van der Waals surface area contributed by atoms with Gasteiger partial charge in [0.25, 0.3) is 5.56 Å². The van der Waals surface area contributed by atoms with Crippen LogP contribution in [0, 0.1) is 5.82 Å². The van der Waals surface area contributed by atoms with Crippen LogP contribution in [0.25, 0.3) is 22.3 Å². The lowest BCUT2D eigenvalue weighted by atomic mass is 10.1. The summed E-state index contributed by atoms with van der Waals surface area (Å²) >= 11 is 0. The lowest BCUT2D eigenvalue weighted by Crippen LogP contribution is -2.24. The molecule has 0 spiro atoms. The van der Waals surface area contributed by atoms with Crippen molar-refractivity contribution in [3.05, 3.63) is 94.5 Å². The highest BCUT2D eigenvalue weighted by atomic mass is 19.1. The number of phenolic OH excluding ortho intramolecular Hbond substituents is 1. The molecule has 4 rings (SSSR count). The fourth-order valence-corrected chi connectivity index (χ4v) is 3.18. The third-order valence-electron chi connectivity index (χ3n) is 4.57. The molecule has 5 heteroatoms. The molecule has 0 fully saturated rings. The molecule has 27 heavy (non-hydrogen) atoms. The Morgan fingerprint density at radius 2 is 1.63 bits per heavy atom. The molecule has 0 unspecified atom stereocenters. The Hall–Kier alpha value is -3.47. The molecule has 0 saturated carbocycles. The molecule has 1 heterocycles. The summed E-state index contributed by atoms with van der Waals surface area (Å²) < 4.78 is 15.5. The zero-order valence-electron chi connectivity index (χ0n) is 14.5. The number of aryl methyl sites for hydroxylation is 1. The molecular formula is C22H17FN2O2. The van der Waals surface area contributed by atoms with Crippen LogP contribution in [0.1, 0.15) is 5.56 Å². The summed E-state index contributed by atoms with van der Waals surface area (Å²) in [6.45, 7) is 0.251. The van der Waals surface area contributed by atoms with Crippen molar-refractivity contribution < 1.29 is 9.50 Å². The van der Waals surface area contributed by atoms with Crippen molar-refractivity contribution in [3.8, 4) is 17.1 Å². The smallest absolute Gasteiger partial charge is 0.261 e. The summed E-state index contributed by atoms with van der Waals surface area (Å²) in [5.41, 5.74) is 1.34. The van der Waals surface area contributed by atoms with Gasteiger partial charge in [0, 0.05) is 6.54 Å². The Balaban J connectivity index is 1.88. The molecule has 0 bridgehead atoms. The first kappa shape index (κ1) is 17.0. The Morgan fingerprint density at radius 3 is 2.44 bits per heavy atom. The Kier molecular flexibility index (Phi) is 4.42. The number of benzene rings is 3. The average molecular weight is 360 g/mol. The fraction of sp³-hybridized carbons (Fsp3) is 0.0909. The predicted molar refractivity (Wildman–Crippen MR) is 103 cm³/mol. The minimum Gasteiger partial charge on any atom is -0.507 e. The summed E-state index contributed by atoms with van der Waals surface area (Å²) in [6.07, 6.45) is 0.340. The van der Waals surface area contributed by atoms with Gasteiger partial charge in [0.1, 0.15) is 17.4 Å². The third kappa shape index (κ3) is 3.19. The van der Waals surface area contributed by atoms with Crippen molar-refractivity contribution in [2.75, 3.05) is 0 Å². The molecule has 1 N–H and O–H groups in total. The van der Waals surface area contributed by atoms with Crippen LogP contribution in [0.3, 0.4) is 0 Å². The monoisotopic (exact) mass is 360 g/mol. The van der Waals surface area contributed by atoms with Gasteiger partial charge in [-0.05, 0) is 42.3 Å². The van der Waals surface area contributed by atoms with E-state index >= 15 is 0 Å². The summed E-state index contributed by atoms with van der Waals surface area (Å²) in [4.78, 5) is 17.7. The van der Waals surface area contributed by atoms with Gasteiger partial charge in [-0.3, -0.25) is 9.36 Å². The van der Waals surface area contributed by atoms with Crippen molar-refractivity contribution in [1.29, 1.82) is 0 Å². The molecule has 0 radical (unpaired) electrons. The summed E-state index contributed by atoms with van der Waals surface area (Å²) in [5.74, 6) is 0.107. The number of fused-ring (bicyclic) bond motifs is 1. The summed E-state index contributed by atoms with van der Waals surface area (Å²) in [5, 5.41) is 10.8. The van der Waals surface area contributed by atoms with E-state index in [-0.39, 0.29) is 23.7 Å². The minimum absolute atomic E-state index is 0.0410.